The molecule has 1 aromatic heterocycles. The molecule has 0 N–H and O–H groups in total. The third kappa shape index (κ3) is 3.84. The number of aryl methyl sites for hydroxylation is 1. The number of hydrogen-bond donors (Lipinski definition) is 0. The van der Waals surface area contributed by atoms with Crippen molar-refractivity contribution in [3.8, 4) is 0 Å². The second-order valence-electron chi connectivity index (χ2n) is 8.56. The van der Waals surface area contributed by atoms with Gasteiger partial charge in [-0.3, -0.25) is 4.90 Å². The van der Waals surface area contributed by atoms with Crippen molar-refractivity contribution in [3.05, 3.63) is 48.0 Å². The highest BCUT2D eigenvalue weighted by atomic mass is 32.2. The van der Waals surface area contributed by atoms with Crippen molar-refractivity contribution in [2.75, 3.05) is 40.3 Å². The number of nitrogens with zero attached hydrogens (tertiary/aromatic N) is 6. The van der Waals surface area contributed by atoms with E-state index in [1.165, 1.54) is 9.87 Å². The lowest BCUT2D eigenvalue weighted by molar-refractivity contribution is 0.133. The normalized spacial score (nSPS) is 23.2. The Balaban J connectivity index is 1.57. The molecule has 0 radical (unpaired) electrons. The van der Waals surface area contributed by atoms with Crippen molar-refractivity contribution in [3.63, 3.8) is 0 Å². The molecule has 0 saturated carbocycles. The van der Waals surface area contributed by atoms with E-state index in [0.29, 0.717) is 13.1 Å². The van der Waals surface area contributed by atoms with Gasteiger partial charge in [-0.25, -0.2) is 0 Å². The Labute approximate surface area is 173 Å². The molecule has 0 amide bonds. The Morgan fingerprint density at radius 3 is 2.45 bits per heavy atom. The van der Waals surface area contributed by atoms with Crippen molar-refractivity contribution in [1.82, 2.24) is 28.3 Å². The first-order valence-electron chi connectivity index (χ1n) is 10.1. The lowest BCUT2D eigenvalue weighted by atomic mass is 9.71. The highest BCUT2D eigenvalue weighted by molar-refractivity contribution is 7.86. The summed E-state index contributed by atoms with van der Waals surface area (Å²) in [6.45, 7) is 3.87. The first-order chi connectivity index (χ1) is 13.8. The second kappa shape index (κ2) is 7.79. The van der Waals surface area contributed by atoms with Gasteiger partial charge in [0.05, 0.1) is 0 Å². The van der Waals surface area contributed by atoms with E-state index >= 15 is 0 Å². The van der Waals surface area contributed by atoms with Gasteiger partial charge in [-0.15, -0.1) is 10.2 Å². The van der Waals surface area contributed by atoms with E-state index in [2.05, 4.69) is 39.4 Å². The van der Waals surface area contributed by atoms with Gasteiger partial charge in [-0.2, -0.15) is 17.0 Å². The molecule has 2 saturated heterocycles. The van der Waals surface area contributed by atoms with Crippen LogP contribution in [0, 0.1) is 5.41 Å². The third-order valence-corrected chi connectivity index (χ3v) is 8.47. The molecule has 2 aliphatic heterocycles. The molecular formula is C20H30N6O2S. The predicted molar refractivity (Wildman–Crippen MR) is 111 cm³/mol. The average molecular weight is 419 g/mol. The fraction of sp³-hybridized carbons (Fsp3) is 0.600. The van der Waals surface area contributed by atoms with Gasteiger partial charge in [0.25, 0.3) is 10.2 Å². The number of piperidine rings is 1. The standard InChI is InChI=1S/C20H30N6O2S/c1-23(2)29(27,28)26-11-9-20(10-12-26)15-25(13-17-7-5-4-6-8-17)14-18(20)19-22-21-16-24(19)3/h4-8,16,18H,9-15H2,1-3H3. The van der Waals surface area contributed by atoms with Gasteiger partial charge in [-0.05, 0) is 23.8 Å². The van der Waals surface area contributed by atoms with Gasteiger partial charge in [-0.1, -0.05) is 30.3 Å². The van der Waals surface area contributed by atoms with E-state index in [1.807, 2.05) is 17.7 Å². The summed E-state index contributed by atoms with van der Waals surface area (Å²) < 4.78 is 30.1. The molecule has 9 heteroatoms. The summed E-state index contributed by atoms with van der Waals surface area (Å²) in [6.07, 6.45) is 3.43. The molecule has 2 fully saturated rings. The Hall–Kier alpha value is -1.81. The Kier molecular flexibility index (Phi) is 5.50. The minimum Gasteiger partial charge on any atom is -0.320 e. The number of likely N-dealkylation sites (tertiary alicyclic amines) is 1. The predicted octanol–water partition coefficient (Wildman–Crippen LogP) is 1.30. The highest BCUT2D eigenvalue weighted by Crippen LogP contribution is 2.49. The van der Waals surface area contributed by atoms with E-state index in [-0.39, 0.29) is 11.3 Å². The summed E-state index contributed by atoms with van der Waals surface area (Å²) in [5.41, 5.74) is 1.32. The summed E-state index contributed by atoms with van der Waals surface area (Å²) in [5, 5.41) is 8.54. The maximum atomic E-state index is 12.6. The molecule has 1 unspecified atom stereocenters. The van der Waals surface area contributed by atoms with Crippen LogP contribution in [-0.2, 0) is 23.8 Å². The maximum Gasteiger partial charge on any atom is 0.281 e. The van der Waals surface area contributed by atoms with Crippen LogP contribution in [0.1, 0.15) is 30.1 Å². The molecule has 158 valence electrons. The zero-order valence-electron chi connectivity index (χ0n) is 17.4. The number of aromatic nitrogens is 3. The summed E-state index contributed by atoms with van der Waals surface area (Å²) in [7, 11) is 1.82. The SMILES string of the molecule is CN(C)S(=O)(=O)N1CCC2(CC1)CN(Cc1ccccc1)CC2c1nncn1C. The number of hydrogen-bond acceptors (Lipinski definition) is 5. The fourth-order valence-electron chi connectivity index (χ4n) is 4.90. The van der Waals surface area contributed by atoms with Crippen LogP contribution in [0.5, 0.6) is 0 Å². The molecule has 0 bridgehead atoms. The van der Waals surface area contributed by atoms with Crippen molar-refractivity contribution < 1.29 is 8.42 Å². The van der Waals surface area contributed by atoms with Crippen LogP contribution in [0.2, 0.25) is 0 Å². The molecule has 1 atom stereocenters. The lowest BCUT2D eigenvalue weighted by Gasteiger charge is -2.42. The average Bonchev–Trinajstić information content (AvgIpc) is 3.26. The Bertz CT molecular complexity index is 935. The minimum atomic E-state index is -3.37. The van der Waals surface area contributed by atoms with Crippen LogP contribution >= 0.6 is 0 Å². The molecule has 8 nitrogen and oxygen atoms in total. The summed E-state index contributed by atoms with van der Waals surface area (Å²) in [4.78, 5) is 2.49. The van der Waals surface area contributed by atoms with Gasteiger partial charge in [0.1, 0.15) is 12.2 Å². The van der Waals surface area contributed by atoms with Crippen LogP contribution in [0.15, 0.2) is 36.7 Å². The smallest absolute Gasteiger partial charge is 0.281 e. The zero-order valence-corrected chi connectivity index (χ0v) is 18.2. The number of benzene rings is 1. The largest absolute Gasteiger partial charge is 0.320 e. The van der Waals surface area contributed by atoms with Crippen molar-refractivity contribution in [2.24, 2.45) is 12.5 Å². The van der Waals surface area contributed by atoms with Crippen molar-refractivity contribution >= 4 is 10.2 Å². The molecule has 29 heavy (non-hydrogen) atoms. The molecule has 2 aliphatic rings. The fourth-order valence-corrected chi connectivity index (χ4v) is 6.00. The van der Waals surface area contributed by atoms with Crippen LogP contribution in [-0.4, -0.2) is 77.0 Å². The first kappa shape index (κ1) is 20.5. The first-order valence-corrected chi connectivity index (χ1v) is 11.5. The van der Waals surface area contributed by atoms with Crippen LogP contribution in [0.3, 0.4) is 0 Å². The minimum absolute atomic E-state index is 0.0217. The van der Waals surface area contributed by atoms with Crippen LogP contribution in [0.25, 0.3) is 0 Å². The van der Waals surface area contributed by atoms with E-state index in [9.17, 15) is 8.42 Å². The molecule has 0 aliphatic carbocycles. The van der Waals surface area contributed by atoms with Gasteiger partial charge < -0.3 is 4.57 Å². The monoisotopic (exact) mass is 418 g/mol. The molecule has 1 aromatic carbocycles. The Morgan fingerprint density at radius 2 is 1.86 bits per heavy atom. The summed E-state index contributed by atoms with van der Waals surface area (Å²) in [5.74, 6) is 1.26. The highest BCUT2D eigenvalue weighted by Gasteiger charge is 2.51. The van der Waals surface area contributed by atoms with E-state index in [0.717, 1.165) is 38.3 Å². The van der Waals surface area contributed by atoms with E-state index in [4.69, 9.17) is 0 Å². The van der Waals surface area contributed by atoms with Crippen molar-refractivity contribution in [1.29, 1.82) is 0 Å². The third-order valence-electron chi connectivity index (χ3n) is 6.53. The summed E-state index contributed by atoms with van der Waals surface area (Å²) in [6, 6.07) is 10.5. The molecule has 3 heterocycles. The molecule has 1 spiro atoms. The van der Waals surface area contributed by atoms with Gasteiger partial charge >= 0.3 is 0 Å². The molecular weight excluding hydrogens is 388 g/mol. The Morgan fingerprint density at radius 1 is 1.17 bits per heavy atom. The topological polar surface area (TPSA) is 74.6 Å². The summed E-state index contributed by atoms with van der Waals surface area (Å²) >= 11 is 0. The van der Waals surface area contributed by atoms with Gasteiger partial charge in [0.2, 0.25) is 0 Å². The lowest BCUT2D eigenvalue weighted by Crippen LogP contribution is -2.49. The molecule has 2 aromatic rings. The zero-order chi connectivity index (χ0) is 20.6. The second-order valence-corrected chi connectivity index (χ2v) is 10.7. The van der Waals surface area contributed by atoms with E-state index in [1.54, 1.807) is 24.7 Å². The van der Waals surface area contributed by atoms with Crippen molar-refractivity contribution in [2.45, 2.75) is 25.3 Å². The van der Waals surface area contributed by atoms with Crippen LogP contribution in [0.4, 0.5) is 0 Å². The van der Waals surface area contributed by atoms with Gasteiger partial charge in [0, 0.05) is 59.8 Å². The number of rotatable bonds is 5. The maximum absolute atomic E-state index is 12.6. The van der Waals surface area contributed by atoms with Gasteiger partial charge in [0.15, 0.2) is 0 Å². The van der Waals surface area contributed by atoms with Crippen LogP contribution < -0.4 is 0 Å². The quantitative estimate of drug-likeness (QED) is 0.732. The van der Waals surface area contributed by atoms with E-state index < -0.39 is 10.2 Å². The molecule has 4 rings (SSSR count).